The van der Waals surface area contributed by atoms with Crippen molar-refractivity contribution in [3.05, 3.63) is 34.4 Å². The zero-order chi connectivity index (χ0) is 13.5. The summed E-state index contributed by atoms with van der Waals surface area (Å²) in [5, 5.41) is 13.9. The molecule has 1 unspecified atom stereocenters. The summed E-state index contributed by atoms with van der Waals surface area (Å²) in [6.45, 7) is 7.50. The lowest BCUT2D eigenvalue weighted by atomic mass is 10.0. The molecule has 0 amide bonds. The highest BCUT2D eigenvalue weighted by molar-refractivity contribution is 5.49. The van der Waals surface area contributed by atoms with Crippen LogP contribution < -0.4 is 5.32 Å². The van der Waals surface area contributed by atoms with Gasteiger partial charge in [-0.05, 0) is 25.0 Å². The Labute approximate surface area is 107 Å². The van der Waals surface area contributed by atoms with Crippen LogP contribution in [-0.4, -0.2) is 24.2 Å². The molecule has 0 heterocycles. The van der Waals surface area contributed by atoms with Gasteiger partial charge in [0.15, 0.2) is 0 Å². The van der Waals surface area contributed by atoms with Crippen molar-refractivity contribution in [3.8, 4) is 0 Å². The van der Waals surface area contributed by atoms with Crippen LogP contribution in [0.5, 0.6) is 0 Å². The third kappa shape index (κ3) is 4.33. The minimum absolute atomic E-state index is 0.103. The highest BCUT2D eigenvalue weighted by Crippen LogP contribution is 2.18. The first kappa shape index (κ1) is 14.4. The van der Waals surface area contributed by atoms with E-state index in [0.717, 1.165) is 5.69 Å². The molecule has 0 spiro atoms. The van der Waals surface area contributed by atoms with Gasteiger partial charge in [0, 0.05) is 24.4 Å². The molecule has 1 rings (SSSR count). The van der Waals surface area contributed by atoms with Crippen LogP contribution >= 0.6 is 0 Å². The summed E-state index contributed by atoms with van der Waals surface area (Å²) in [4.78, 5) is 10.2. The number of nitrogens with zero attached hydrogens (tertiary/aromatic N) is 1. The minimum Gasteiger partial charge on any atom is -0.380 e. The predicted octanol–water partition coefficient (Wildman–Crippen LogP) is 3.07. The quantitative estimate of drug-likeness (QED) is 0.598. The van der Waals surface area contributed by atoms with Gasteiger partial charge in [0.25, 0.3) is 5.69 Å². The molecule has 0 aliphatic rings. The van der Waals surface area contributed by atoms with Crippen LogP contribution in [0.2, 0.25) is 0 Å². The van der Waals surface area contributed by atoms with Gasteiger partial charge in [-0.1, -0.05) is 13.8 Å². The molecule has 1 aromatic rings. The standard InChI is InChI=1S/C13H20N2O3/c1-4-18-9-13(10(2)3)14-11-5-7-12(8-6-11)15(16)17/h5-8,10,13-14H,4,9H2,1-3H3. The van der Waals surface area contributed by atoms with Gasteiger partial charge in [-0.25, -0.2) is 0 Å². The molecule has 1 aromatic carbocycles. The molecular formula is C13H20N2O3. The summed E-state index contributed by atoms with van der Waals surface area (Å²) >= 11 is 0. The normalized spacial score (nSPS) is 12.4. The molecule has 0 radical (unpaired) electrons. The molecule has 100 valence electrons. The van der Waals surface area contributed by atoms with E-state index in [1.165, 1.54) is 12.1 Å². The van der Waals surface area contributed by atoms with Gasteiger partial charge in [-0.3, -0.25) is 10.1 Å². The lowest BCUT2D eigenvalue weighted by molar-refractivity contribution is -0.384. The van der Waals surface area contributed by atoms with Gasteiger partial charge >= 0.3 is 0 Å². The number of hydrogen-bond acceptors (Lipinski definition) is 4. The third-order valence-corrected chi connectivity index (χ3v) is 2.74. The number of nitro benzene ring substituents is 1. The molecule has 0 aliphatic carbocycles. The van der Waals surface area contributed by atoms with Crippen molar-refractivity contribution in [2.24, 2.45) is 5.92 Å². The predicted molar refractivity (Wildman–Crippen MR) is 71.8 cm³/mol. The first-order chi connectivity index (χ1) is 8.54. The number of benzene rings is 1. The van der Waals surface area contributed by atoms with Gasteiger partial charge in [0.05, 0.1) is 17.6 Å². The molecule has 5 nitrogen and oxygen atoms in total. The van der Waals surface area contributed by atoms with E-state index in [2.05, 4.69) is 19.2 Å². The number of ether oxygens (including phenoxy) is 1. The second-order valence-electron chi connectivity index (χ2n) is 4.46. The van der Waals surface area contributed by atoms with Crippen molar-refractivity contribution in [2.75, 3.05) is 18.5 Å². The van der Waals surface area contributed by atoms with E-state index in [1.807, 2.05) is 6.92 Å². The maximum atomic E-state index is 10.5. The number of anilines is 1. The van der Waals surface area contributed by atoms with Crippen molar-refractivity contribution in [2.45, 2.75) is 26.8 Å². The molecule has 0 aliphatic heterocycles. The van der Waals surface area contributed by atoms with E-state index in [4.69, 9.17) is 4.74 Å². The average molecular weight is 252 g/mol. The fourth-order valence-corrected chi connectivity index (χ4v) is 1.54. The fraction of sp³-hybridized carbons (Fsp3) is 0.538. The van der Waals surface area contributed by atoms with Crippen molar-refractivity contribution in [1.82, 2.24) is 0 Å². The molecule has 1 atom stereocenters. The Balaban J connectivity index is 2.65. The average Bonchev–Trinajstić information content (AvgIpc) is 2.34. The van der Waals surface area contributed by atoms with Crippen molar-refractivity contribution >= 4 is 11.4 Å². The second kappa shape index (κ2) is 6.96. The molecule has 18 heavy (non-hydrogen) atoms. The lowest BCUT2D eigenvalue weighted by Gasteiger charge is -2.23. The van der Waals surface area contributed by atoms with Crippen LogP contribution in [0.25, 0.3) is 0 Å². The number of non-ortho nitro benzene ring substituents is 1. The molecule has 0 saturated heterocycles. The van der Waals surface area contributed by atoms with E-state index in [1.54, 1.807) is 12.1 Å². The van der Waals surface area contributed by atoms with E-state index in [9.17, 15) is 10.1 Å². The Bertz CT molecular complexity index is 376. The fourth-order valence-electron chi connectivity index (χ4n) is 1.54. The molecular weight excluding hydrogens is 232 g/mol. The van der Waals surface area contributed by atoms with Crippen LogP contribution in [0.1, 0.15) is 20.8 Å². The largest absolute Gasteiger partial charge is 0.380 e. The molecule has 0 saturated carbocycles. The summed E-state index contributed by atoms with van der Waals surface area (Å²) in [7, 11) is 0. The number of rotatable bonds is 7. The lowest BCUT2D eigenvalue weighted by Crippen LogP contribution is -2.30. The second-order valence-corrected chi connectivity index (χ2v) is 4.46. The Kier molecular flexibility index (Phi) is 5.58. The molecule has 0 bridgehead atoms. The summed E-state index contributed by atoms with van der Waals surface area (Å²) in [5.74, 6) is 0.423. The van der Waals surface area contributed by atoms with Gasteiger partial charge in [0.1, 0.15) is 0 Å². The molecule has 1 N–H and O–H groups in total. The summed E-state index contributed by atoms with van der Waals surface area (Å²) < 4.78 is 5.42. The number of nitro groups is 1. The highest BCUT2D eigenvalue weighted by Gasteiger charge is 2.13. The Morgan fingerprint density at radius 3 is 2.39 bits per heavy atom. The minimum atomic E-state index is -0.399. The Morgan fingerprint density at radius 1 is 1.33 bits per heavy atom. The van der Waals surface area contributed by atoms with Gasteiger partial charge in [-0.15, -0.1) is 0 Å². The van der Waals surface area contributed by atoms with Gasteiger partial charge < -0.3 is 10.1 Å². The van der Waals surface area contributed by atoms with Gasteiger partial charge in [-0.2, -0.15) is 0 Å². The number of hydrogen-bond donors (Lipinski definition) is 1. The van der Waals surface area contributed by atoms with E-state index >= 15 is 0 Å². The van der Waals surface area contributed by atoms with Crippen molar-refractivity contribution in [3.63, 3.8) is 0 Å². The maximum Gasteiger partial charge on any atom is 0.269 e. The van der Waals surface area contributed by atoms with E-state index in [0.29, 0.717) is 19.1 Å². The van der Waals surface area contributed by atoms with Crippen molar-refractivity contribution < 1.29 is 9.66 Å². The SMILES string of the molecule is CCOCC(Nc1ccc([N+](=O)[O-])cc1)C(C)C. The van der Waals surface area contributed by atoms with Gasteiger partial charge in [0.2, 0.25) is 0 Å². The van der Waals surface area contributed by atoms with Crippen LogP contribution in [0.3, 0.4) is 0 Å². The van der Waals surface area contributed by atoms with E-state index < -0.39 is 4.92 Å². The van der Waals surface area contributed by atoms with Crippen LogP contribution in [0.15, 0.2) is 24.3 Å². The van der Waals surface area contributed by atoms with Crippen LogP contribution in [0.4, 0.5) is 11.4 Å². The third-order valence-electron chi connectivity index (χ3n) is 2.74. The van der Waals surface area contributed by atoms with Crippen molar-refractivity contribution in [1.29, 1.82) is 0 Å². The van der Waals surface area contributed by atoms with E-state index in [-0.39, 0.29) is 11.7 Å². The zero-order valence-corrected chi connectivity index (χ0v) is 11.1. The Morgan fingerprint density at radius 2 is 1.94 bits per heavy atom. The van der Waals surface area contributed by atoms with Crippen LogP contribution in [0, 0.1) is 16.0 Å². The molecule has 0 aromatic heterocycles. The summed E-state index contributed by atoms with van der Waals surface area (Å²) in [6.07, 6.45) is 0. The number of nitrogens with one attached hydrogen (secondary N) is 1. The first-order valence-electron chi connectivity index (χ1n) is 6.13. The monoisotopic (exact) mass is 252 g/mol. The first-order valence-corrected chi connectivity index (χ1v) is 6.13. The Hall–Kier alpha value is -1.62. The summed E-state index contributed by atoms with van der Waals surface area (Å²) in [5.41, 5.74) is 0.977. The summed E-state index contributed by atoms with van der Waals surface area (Å²) in [6, 6.07) is 6.64. The van der Waals surface area contributed by atoms with Crippen LogP contribution in [-0.2, 0) is 4.74 Å². The zero-order valence-electron chi connectivity index (χ0n) is 11.1. The smallest absolute Gasteiger partial charge is 0.269 e. The highest BCUT2D eigenvalue weighted by atomic mass is 16.6. The topological polar surface area (TPSA) is 64.4 Å². The molecule has 0 fully saturated rings. The maximum absolute atomic E-state index is 10.5. The molecule has 5 heteroatoms.